The first kappa shape index (κ1) is 19.0. The van der Waals surface area contributed by atoms with Crippen LogP contribution in [0.1, 0.15) is 32.3 Å². The van der Waals surface area contributed by atoms with Gasteiger partial charge in [-0.2, -0.15) is 0 Å². The average molecular weight is 318 g/mol. The standard InChI is InChI=1S/C18H30N4O/c1-5-15(2)21-18(20-14-17(23)22(3)4)19-13-9-12-16-10-7-6-8-11-16/h6-8,10-11,15H,5,9,12-14H2,1-4H3,(H2,19,20,21). The molecule has 0 saturated heterocycles. The van der Waals surface area contributed by atoms with Crippen LogP contribution in [0.5, 0.6) is 0 Å². The summed E-state index contributed by atoms with van der Waals surface area (Å²) in [4.78, 5) is 17.6. The maximum atomic E-state index is 11.7. The number of carbonyl (C=O) groups is 1. The highest BCUT2D eigenvalue weighted by molar-refractivity contribution is 5.84. The second-order valence-electron chi connectivity index (χ2n) is 5.92. The van der Waals surface area contributed by atoms with Crippen LogP contribution in [-0.4, -0.2) is 50.0 Å². The summed E-state index contributed by atoms with van der Waals surface area (Å²) >= 11 is 0. The van der Waals surface area contributed by atoms with Gasteiger partial charge in [-0.3, -0.25) is 4.79 Å². The zero-order valence-electron chi connectivity index (χ0n) is 14.8. The van der Waals surface area contributed by atoms with E-state index in [1.807, 2.05) is 6.07 Å². The lowest BCUT2D eigenvalue weighted by Gasteiger charge is -2.17. The van der Waals surface area contributed by atoms with E-state index in [1.54, 1.807) is 19.0 Å². The summed E-state index contributed by atoms with van der Waals surface area (Å²) in [6.45, 7) is 5.22. The number of rotatable bonds is 8. The van der Waals surface area contributed by atoms with Gasteiger partial charge in [-0.15, -0.1) is 0 Å². The fourth-order valence-corrected chi connectivity index (χ4v) is 1.92. The number of hydrogen-bond acceptors (Lipinski definition) is 2. The van der Waals surface area contributed by atoms with E-state index in [0.29, 0.717) is 12.0 Å². The van der Waals surface area contributed by atoms with Crippen LogP contribution in [0, 0.1) is 0 Å². The lowest BCUT2D eigenvalue weighted by Crippen LogP contribution is -2.43. The molecule has 1 unspecified atom stereocenters. The van der Waals surface area contributed by atoms with E-state index in [4.69, 9.17) is 0 Å². The molecule has 0 aliphatic rings. The van der Waals surface area contributed by atoms with Gasteiger partial charge in [-0.05, 0) is 31.7 Å². The van der Waals surface area contributed by atoms with E-state index in [2.05, 4.69) is 53.7 Å². The van der Waals surface area contributed by atoms with Crippen LogP contribution in [0.3, 0.4) is 0 Å². The zero-order valence-corrected chi connectivity index (χ0v) is 14.8. The molecule has 0 aliphatic heterocycles. The highest BCUT2D eigenvalue weighted by Gasteiger charge is 2.06. The second-order valence-corrected chi connectivity index (χ2v) is 5.92. The first-order valence-electron chi connectivity index (χ1n) is 8.31. The van der Waals surface area contributed by atoms with Crippen LogP contribution in [0.4, 0.5) is 0 Å². The Bertz CT molecular complexity index is 485. The van der Waals surface area contributed by atoms with Gasteiger partial charge in [0.2, 0.25) is 5.91 Å². The van der Waals surface area contributed by atoms with Gasteiger partial charge in [0.05, 0.1) is 0 Å². The first-order valence-corrected chi connectivity index (χ1v) is 8.31. The molecule has 0 aromatic heterocycles. The van der Waals surface area contributed by atoms with Crippen LogP contribution < -0.4 is 10.6 Å². The molecular weight excluding hydrogens is 288 g/mol. The monoisotopic (exact) mass is 318 g/mol. The Balaban J connectivity index is 2.45. The first-order chi connectivity index (χ1) is 11.0. The molecule has 1 atom stereocenters. The van der Waals surface area contributed by atoms with Crippen molar-refractivity contribution in [3.8, 4) is 0 Å². The van der Waals surface area contributed by atoms with E-state index < -0.39 is 0 Å². The number of carbonyl (C=O) groups excluding carboxylic acids is 1. The SMILES string of the molecule is CCC(C)NC(=NCC(=O)N(C)C)NCCCc1ccccc1. The maximum Gasteiger partial charge on any atom is 0.243 e. The fraction of sp³-hybridized carbons (Fsp3) is 0.556. The number of aliphatic imine (C=N–C) groups is 1. The number of likely N-dealkylation sites (N-methyl/N-ethyl adjacent to an activating group) is 1. The fourth-order valence-electron chi connectivity index (χ4n) is 1.92. The van der Waals surface area contributed by atoms with Crippen molar-refractivity contribution in [1.82, 2.24) is 15.5 Å². The number of benzene rings is 1. The van der Waals surface area contributed by atoms with Crippen molar-refractivity contribution in [1.29, 1.82) is 0 Å². The van der Waals surface area contributed by atoms with E-state index in [0.717, 1.165) is 25.8 Å². The highest BCUT2D eigenvalue weighted by Crippen LogP contribution is 2.01. The van der Waals surface area contributed by atoms with Gasteiger partial charge in [0.1, 0.15) is 6.54 Å². The zero-order chi connectivity index (χ0) is 17.1. The van der Waals surface area contributed by atoms with Gasteiger partial charge in [0.15, 0.2) is 5.96 Å². The van der Waals surface area contributed by atoms with Crippen LogP contribution in [0.25, 0.3) is 0 Å². The Hall–Kier alpha value is -2.04. The van der Waals surface area contributed by atoms with Gasteiger partial charge in [0.25, 0.3) is 0 Å². The molecule has 2 N–H and O–H groups in total. The molecular formula is C18H30N4O. The van der Waals surface area contributed by atoms with Crippen molar-refractivity contribution in [2.24, 2.45) is 4.99 Å². The molecule has 128 valence electrons. The molecule has 23 heavy (non-hydrogen) atoms. The Labute approximate surface area is 140 Å². The Morgan fingerprint density at radius 1 is 1.26 bits per heavy atom. The Morgan fingerprint density at radius 3 is 2.57 bits per heavy atom. The quantitative estimate of drug-likeness (QED) is 0.438. The topological polar surface area (TPSA) is 56.7 Å². The summed E-state index contributed by atoms with van der Waals surface area (Å²) in [5.74, 6) is 0.710. The largest absolute Gasteiger partial charge is 0.356 e. The van der Waals surface area contributed by atoms with E-state index >= 15 is 0 Å². The van der Waals surface area contributed by atoms with Crippen LogP contribution in [0.2, 0.25) is 0 Å². The summed E-state index contributed by atoms with van der Waals surface area (Å²) in [5.41, 5.74) is 1.34. The van der Waals surface area contributed by atoms with Crippen molar-refractivity contribution in [3.63, 3.8) is 0 Å². The van der Waals surface area contributed by atoms with Gasteiger partial charge < -0.3 is 15.5 Å². The highest BCUT2D eigenvalue weighted by atomic mass is 16.2. The molecule has 5 nitrogen and oxygen atoms in total. The lowest BCUT2D eigenvalue weighted by atomic mass is 10.1. The maximum absolute atomic E-state index is 11.7. The summed E-state index contributed by atoms with van der Waals surface area (Å²) in [7, 11) is 3.49. The Kier molecular flexibility index (Phi) is 8.80. The van der Waals surface area contributed by atoms with Gasteiger partial charge >= 0.3 is 0 Å². The number of nitrogens with one attached hydrogen (secondary N) is 2. The van der Waals surface area contributed by atoms with Gasteiger partial charge in [-0.1, -0.05) is 37.3 Å². The third-order valence-electron chi connectivity index (χ3n) is 3.64. The van der Waals surface area contributed by atoms with Crippen molar-refractivity contribution in [2.75, 3.05) is 27.2 Å². The van der Waals surface area contributed by atoms with Crippen molar-refractivity contribution in [2.45, 2.75) is 39.2 Å². The molecule has 0 radical (unpaired) electrons. The van der Waals surface area contributed by atoms with Crippen LogP contribution >= 0.6 is 0 Å². The normalized spacial score (nSPS) is 12.6. The Morgan fingerprint density at radius 2 is 1.96 bits per heavy atom. The van der Waals surface area contributed by atoms with E-state index in [-0.39, 0.29) is 12.5 Å². The molecule has 1 aromatic carbocycles. The molecule has 0 spiro atoms. The van der Waals surface area contributed by atoms with Crippen LogP contribution in [0.15, 0.2) is 35.3 Å². The summed E-state index contributed by atoms with van der Waals surface area (Å²) in [5, 5.41) is 6.65. The minimum absolute atomic E-state index is 0.000429. The number of aryl methyl sites for hydroxylation is 1. The molecule has 1 amide bonds. The number of hydrogen-bond donors (Lipinski definition) is 2. The minimum atomic E-state index is -0.000429. The smallest absolute Gasteiger partial charge is 0.243 e. The number of guanidine groups is 1. The van der Waals surface area contributed by atoms with Crippen molar-refractivity contribution in [3.05, 3.63) is 35.9 Å². The summed E-state index contributed by atoms with van der Waals surface area (Å²) < 4.78 is 0. The molecule has 0 fully saturated rings. The molecule has 0 saturated carbocycles. The van der Waals surface area contributed by atoms with Gasteiger partial charge in [0, 0.05) is 26.7 Å². The predicted octanol–water partition coefficient (Wildman–Crippen LogP) is 2.04. The molecule has 1 aromatic rings. The van der Waals surface area contributed by atoms with Crippen LogP contribution in [-0.2, 0) is 11.2 Å². The predicted molar refractivity (Wildman–Crippen MR) is 96.7 cm³/mol. The average Bonchev–Trinajstić information content (AvgIpc) is 2.56. The molecule has 0 aliphatic carbocycles. The molecule has 0 bridgehead atoms. The summed E-state index contributed by atoms with van der Waals surface area (Å²) in [6.07, 6.45) is 3.06. The third-order valence-corrected chi connectivity index (χ3v) is 3.64. The lowest BCUT2D eigenvalue weighted by molar-refractivity contribution is -0.127. The van der Waals surface area contributed by atoms with Crippen molar-refractivity contribution < 1.29 is 4.79 Å². The van der Waals surface area contributed by atoms with Crippen molar-refractivity contribution >= 4 is 11.9 Å². The number of nitrogens with zero attached hydrogens (tertiary/aromatic N) is 2. The van der Waals surface area contributed by atoms with Gasteiger partial charge in [-0.25, -0.2) is 4.99 Å². The van der Waals surface area contributed by atoms with E-state index in [1.165, 1.54) is 5.56 Å². The third kappa shape index (κ3) is 8.24. The molecule has 0 heterocycles. The summed E-state index contributed by atoms with van der Waals surface area (Å²) in [6, 6.07) is 10.8. The number of amides is 1. The second kappa shape index (κ2) is 10.6. The van der Waals surface area contributed by atoms with E-state index in [9.17, 15) is 4.79 Å². The molecule has 5 heteroatoms. The minimum Gasteiger partial charge on any atom is -0.356 e. The molecule has 1 rings (SSSR count).